The van der Waals surface area contributed by atoms with Crippen LogP contribution in [0, 0.1) is 6.92 Å². The summed E-state index contributed by atoms with van der Waals surface area (Å²) in [6.07, 6.45) is 2.76. The number of nitrogens with two attached hydrogens (primary N) is 1. The highest BCUT2D eigenvalue weighted by Crippen LogP contribution is 2.29. The molecule has 0 aromatic carbocycles. The second-order valence-electron chi connectivity index (χ2n) is 3.28. The van der Waals surface area contributed by atoms with E-state index in [0.717, 1.165) is 17.5 Å². The molecule has 2 rings (SSSR count). The maximum atomic E-state index is 10.7. The van der Waals surface area contributed by atoms with Gasteiger partial charge in [-0.15, -0.1) is 0 Å². The summed E-state index contributed by atoms with van der Waals surface area (Å²) in [6.45, 7) is 1.80. The van der Waals surface area contributed by atoms with Crippen LogP contribution in [0.25, 0.3) is 0 Å². The van der Waals surface area contributed by atoms with E-state index < -0.39 is 5.97 Å². The van der Waals surface area contributed by atoms with Gasteiger partial charge in [-0.2, -0.15) is 0 Å². The zero-order valence-corrected chi connectivity index (χ0v) is 9.69. The number of nitrogens with zero attached hydrogens (tertiary/aromatic N) is 2. The fraction of sp³-hybridized carbons (Fsp3) is 0.100. The van der Waals surface area contributed by atoms with Gasteiger partial charge in [-0.3, -0.25) is 0 Å². The zero-order chi connectivity index (χ0) is 12.4. The third kappa shape index (κ3) is 2.56. The van der Waals surface area contributed by atoms with Crippen molar-refractivity contribution < 1.29 is 14.3 Å². The maximum Gasteiger partial charge on any atom is 0.337 e. The Balaban J connectivity index is 2.25. The number of oxazole rings is 1. The highest BCUT2D eigenvalue weighted by molar-refractivity contribution is 7.99. The molecule has 2 heterocycles. The first-order valence-corrected chi connectivity index (χ1v) is 5.46. The number of anilines is 1. The summed E-state index contributed by atoms with van der Waals surface area (Å²) >= 11 is 1.15. The van der Waals surface area contributed by atoms with Gasteiger partial charge in [0.2, 0.25) is 0 Å². The number of carbonyl (C=O) groups is 1. The van der Waals surface area contributed by atoms with Crippen molar-refractivity contribution in [3.05, 3.63) is 29.8 Å². The van der Waals surface area contributed by atoms with E-state index in [2.05, 4.69) is 9.97 Å². The lowest BCUT2D eigenvalue weighted by Crippen LogP contribution is -2.00. The summed E-state index contributed by atoms with van der Waals surface area (Å²) in [5, 5.41) is 9.65. The molecule has 6 nitrogen and oxygen atoms in total. The normalized spacial score (nSPS) is 10.4. The van der Waals surface area contributed by atoms with Gasteiger partial charge in [-0.1, -0.05) is 0 Å². The minimum Gasteiger partial charge on any atom is -0.478 e. The number of aromatic carboxylic acids is 1. The summed E-state index contributed by atoms with van der Waals surface area (Å²) in [6, 6.07) is 1.35. The lowest BCUT2D eigenvalue weighted by atomic mass is 10.3. The predicted molar refractivity (Wildman–Crippen MR) is 61.0 cm³/mol. The van der Waals surface area contributed by atoms with Crippen LogP contribution in [0.1, 0.15) is 16.1 Å². The Morgan fingerprint density at radius 2 is 2.35 bits per heavy atom. The van der Waals surface area contributed by atoms with E-state index in [9.17, 15) is 4.79 Å². The standard InChI is InChI=1S/C10H9N3O3S/c1-5-4-16-10(13-5)17-8-7(11)2-6(3-12-8)9(14)15/h2-4H,11H2,1H3,(H,14,15). The Morgan fingerprint density at radius 3 is 2.88 bits per heavy atom. The summed E-state index contributed by atoms with van der Waals surface area (Å²) in [4.78, 5) is 18.7. The number of carboxylic acid groups (broad SMARTS) is 1. The molecule has 0 saturated carbocycles. The Labute approximate surface area is 101 Å². The fourth-order valence-corrected chi connectivity index (χ4v) is 1.87. The van der Waals surface area contributed by atoms with Gasteiger partial charge in [0.25, 0.3) is 5.22 Å². The van der Waals surface area contributed by atoms with E-state index in [-0.39, 0.29) is 11.3 Å². The third-order valence-corrected chi connectivity index (χ3v) is 2.80. The van der Waals surface area contributed by atoms with E-state index >= 15 is 0 Å². The Morgan fingerprint density at radius 1 is 1.59 bits per heavy atom. The van der Waals surface area contributed by atoms with Crippen molar-refractivity contribution in [2.24, 2.45) is 0 Å². The van der Waals surface area contributed by atoms with Crippen LogP contribution in [0.5, 0.6) is 0 Å². The minimum atomic E-state index is -1.06. The number of aryl methyl sites for hydroxylation is 1. The number of carboxylic acids is 1. The van der Waals surface area contributed by atoms with E-state index in [1.54, 1.807) is 6.92 Å². The van der Waals surface area contributed by atoms with Gasteiger partial charge in [0, 0.05) is 6.20 Å². The van der Waals surface area contributed by atoms with Gasteiger partial charge in [0.1, 0.15) is 11.3 Å². The lowest BCUT2D eigenvalue weighted by Gasteiger charge is -2.02. The van der Waals surface area contributed by atoms with Gasteiger partial charge in [-0.25, -0.2) is 14.8 Å². The summed E-state index contributed by atoms with van der Waals surface area (Å²) in [5.41, 5.74) is 6.79. The molecule has 0 radical (unpaired) electrons. The molecule has 3 N–H and O–H groups in total. The number of pyridine rings is 1. The highest BCUT2D eigenvalue weighted by Gasteiger charge is 2.11. The fourth-order valence-electron chi connectivity index (χ4n) is 1.13. The van der Waals surface area contributed by atoms with Crippen molar-refractivity contribution in [2.45, 2.75) is 17.2 Å². The number of hydrogen-bond donors (Lipinski definition) is 2. The molecule has 0 aliphatic heterocycles. The molecule has 0 spiro atoms. The second kappa shape index (κ2) is 4.46. The van der Waals surface area contributed by atoms with Crippen molar-refractivity contribution in [1.82, 2.24) is 9.97 Å². The quantitative estimate of drug-likeness (QED) is 0.857. The zero-order valence-electron chi connectivity index (χ0n) is 8.88. The molecule has 2 aromatic heterocycles. The second-order valence-corrected chi connectivity index (χ2v) is 4.22. The molecule has 0 atom stereocenters. The molecule has 7 heteroatoms. The van der Waals surface area contributed by atoms with Crippen molar-refractivity contribution in [3.63, 3.8) is 0 Å². The first-order valence-electron chi connectivity index (χ1n) is 4.65. The largest absolute Gasteiger partial charge is 0.478 e. The van der Waals surface area contributed by atoms with Crippen molar-refractivity contribution in [2.75, 3.05) is 5.73 Å². The van der Waals surface area contributed by atoms with Crippen molar-refractivity contribution in [3.8, 4) is 0 Å². The predicted octanol–water partition coefficient (Wildman–Crippen LogP) is 1.81. The first-order chi connectivity index (χ1) is 8.06. The van der Waals surface area contributed by atoms with Crippen LogP contribution in [0.4, 0.5) is 5.69 Å². The van der Waals surface area contributed by atoms with Gasteiger partial charge < -0.3 is 15.3 Å². The first kappa shape index (κ1) is 11.5. The van der Waals surface area contributed by atoms with Crippen molar-refractivity contribution in [1.29, 1.82) is 0 Å². The van der Waals surface area contributed by atoms with Crippen molar-refractivity contribution >= 4 is 23.4 Å². The number of rotatable bonds is 3. The number of hydrogen-bond acceptors (Lipinski definition) is 6. The maximum absolute atomic E-state index is 10.7. The summed E-state index contributed by atoms with van der Waals surface area (Å²) in [7, 11) is 0. The molecule has 0 bridgehead atoms. The molecule has 17 heavy (non-hydrogen) atoms. The molecule has 0 aliphatic rings. The molecule has 0 amide bonds. The number of aromatic nitrogens is 2. The van der Waals surface area contributed by atoms with Crippen LogP contribution >= 0.6 is 11.8 Å². The summed E-state index contributed by atoms with van der Waals surface area (Å²) in [5.74, 6) is -1.06. The molecule has 88 valence electrons. The topological polar surface area (TPSA) is 102 Å². The molecule has 0 saturated heterocycles. The monoisotopic (exact) mass is 251 g/mol. The highest BCUT2D eigenvalue weighted by atomic mass is 32.2. The van der Waals surface area contributed by atoms with E-state index in [1.165, 1.54) is 18.5 Å². The SMILES string of the molecule is Cc1coc(Sc2ncc(C(=O)O)cc2N)n1. The minimum absolute atomic E-state index is 0.0513. The van der Waals surface area contributed by atoms with Gasteiger partial charge in [0.05, 0.1) is 16.9 Å². The Bertz CT molecular complexity index is 568. The third-order valence-electron chi connectivity index (χ3n) is 1.91. The van der Waals surface area contributed by atoms with Crippen LogP contribution < -0.4 is 5.73 Å². The number of nitrogen functional groups attached to an aromatic ring is 1. The molecular weight excluding hydrogens is 242 g/mol. The molecule has 0 fully saturated rings. The lowest BCUT2D eigenvalue weighted by molar-refractivity contribution is 0.0696. The van der Waals surface area contributed by atoms with E-state index in [4.69, 9.17) is 15.3 Å². The Hall–Kier alpha value is -2.02. The van der Waals surface area contributed by atoms with Crippen LogP contribution in [-0.2, 0) is 0 Å². The van der Waals surface area contributed by atoms with Crippen LogP contribution in [-0.4, -0.2) is 21.0 Å². The molecule has 2 aromatic rings. The van der Waals surface area contributed by atoms with Crippen LogP contribution in [0.2, 0.25) is 0 Å². The average Bonchev–Trinajstić information content (AvgIpc) is 2.67. The van der Waals surface area contributed by atoms with Gasteiger partial charge in [0.15, 0.2) is 0 Å². The average molecular weight is 251 g/mol. The van der Waals surface area contributed by atoms with Gasteiger partial charge >= 0.3 is 5.97 Å². The molecular formula is C10H9N3O3S. The molecule has 0 unspecified atom stereocenters. The smallest absolute Gasteiger partial charge is 0.337 e. The molecule has 0 aliphatic carbocycles. The summed E-state index contributed by atoms with van der Waals surface area (Å²) < 4.78 is 5.14. The van der Waals surface area contributed by atoms with Crippen LogP contribution in [0.3, 0.4) is 0 Å². The Kier molecular flexibility index (Phi) is 3.01. The van der Waals surface area contributed by atoms with E-state index in [0.29, 0.717) is 10.2 Å². The van der Waals surface area contributed by atoms with Gasteiger partial charge in [-0.05, 0) is 24.8 Å². The van der Waals surface area contributed by atoms with E-state index in [1.807, 2.05) is 0 Å². The van der Waals surface area contributed by atoms with Crippen LogP contribution in [0.15, 0.2) is 33.2 Å².